The molecule has 6 nitrogen and oxygen atoms in total. The maximum absolute atomic E-state index is 12.8. The van der Waals surface area contributed by atoms with Crippen LogP contribution in [0, 0.1) is 0 Å². The van der Waals surface area contributed by atoms with Gasteiger partial charge in [-0.15, -0.1) is 0 Å². The van der Waals surface area contributed by atoms with Crippen LogP contribution in [0.3, 0.4) is 0 Å². The highest BCUT2D eigenvalue weighted by Gasteiger charge is 2.27. The van der Waals surface area contributed by atoms with Gasteiger partial charge in [-0.05, 0) is 37.4 Å². The Labute approximate surface area is 148 Å². The minimum Gasteiger partial charge on any atom is -0.322 e. The molecule has 0 aromatic heterocycles. The Morgan fingerprint density at radius 3 is 2.32 bits per heavy atom. The fraction of sp³-hybridized carbons (Fsp3) is 0.278. The predicted octanol–water partition coefficient (Wildman–Crippen LogP) is 1.87. The number of sulfonamides is 1. The number of amides is 1. The number of carbonyl (C=O) groups excluding carboxylic acids is 1. The molecule has 1 N–H and O–H groups in total. The number of likely N-dealkylation sites (N-methyl/N-ethyl adjacent to an activating group) is 1. The normalized spacial score (nSPS) is 16.5. The van der Waals surface area contributed by atoms with E-state index < -0.39 is 10.0 Å². The van der Waals surface area contributed by atoms with Crippen LogP contribution in [-0.2, 0) is 10.0 Å². The fourth-order valence-electron chi connectivity index (χ4n) is 2.70. The SMILES string of the molecule is CN1CCN(S(=O)(=O)c2cccc(C(=O)Nc3ccccc3)c2)CC1. The Morgan fingerprint density at radius 2 is 1.64 bits per heavy atom. The summed E-state index contributed by atoms with van der Waals surface area (Å²) in [6.07, 6.45) is 0. The number of rotatable bonds is 4. The van der Waals surface area contributed by atoms with Crippen molar-refractivity contribution in [3.8, 4) is 0 Å². The van der Waals surface area contributed by atoms with Gasteiger partial charge in [-0.2, -0.15) is 4.31 Å². The highest BCUT2D eigenvalue weighted by Crippen LogP contribution is 2.19. The summed E-state index contributed by atoms with van der Waals surface area (Å²) in [6, 6.07) is 15.3. The summed E-state index contributed by atoms with van der Waals surface area (Å²) >= 11 is 0. The van der Waals surface area contributed by atoms with Crippen molar-refractivity contribution in [2.75, 3.05) is 38.5 Å². The Morgan fingerprint density at radius 1 is 0.960 bits per heavy atom. The molecular formula is C18H21N3O3S. The van der Waals surface area contributed by atoms with Crippen LogP contribution in [0.15, 0.2) is 59.5 Å². The van der Waals surface area contributed by atoms with E-state index in [1.165, 1.54) is 16.4 Å². The van der Waals surface area contributed by atoms with Gasteiger partial charge >= 0.3 is 0 Å². The molecule has 0 unspecified atom stereocenters. The average molecular weight is 359 g/mol. The van der Waals surface area contributed by atoms with Gasteiger partial charge in [-0.25, -0.2) is 8.42 Å². The van der Waals surface area contributed by atoms with Crippen LogP contribution in [0.2, 0.25) is 0 Å². The van der Waals surface area contributed by atoms with Gasteiger partial charge in [0.05, 0.1) is 4.90 Å². The van der Waals surface area contributed by atoms with Gasteiger partial charge in [-0.1, -0.05) is 24.3 Å². The zero-order valence-electron chi connectivity index (χ0n) is 14.1. The summed E-state index contributed by atoms with van der Waals surface area (Å²) in [7, 11) is -1.62. The molecule has 1 heterocycles. The number of hydrogen-bond donors (Lipinski definition) is 1. The van der Waals surface area contributed by atoms with E-state index in [1.54, 1.807) is 24.3 Å². The van der Waals surface area contributed by atoms with Crippen LogP contribution in [0.1, 0.15) is 10.4 Å². The van der Waals surface area contributed by atoms with E-state index in [9.17, 15) is 13.2 Å². The number of benzene rings is 2. The first kappa shape index (κ1) is 17.6. The molecular weight excluding hydrogens is 338 g/mol. The van der Waals surface area contributed by atoms with Crippen molar-refractivity contribution in [3.63, 3.8) is 0 Å². The maximum Gasteiger partial charge on any atom is 0.255 e. The summed E-state index contributed by atoms with van der Waals surface area (Å²) in [6.45, 7) is 2.32. The van der Waals surface area contributed by atoms with Crippen molar-refractivity contribution in [3.05, 3.63) is 60.2 Å². The summed E-state index contributed by atoms with van der Waals surface area (Å²) in [5.74, 6) is -0.332. The topological polar surface area (TPSA) is 69.7 Å². The van der Waals surface area contributed by atoms with Crippen LogP contribution < -0.4 is 5.32 Å². The van der Waals surface area contributed by atoms with Gasteiger partial charge in [0.15, 0.2) is 0 Å². The van der Waals surface area contributed by atoms with E-state index in [0.717, 1.165) is 0 Å². The lowest BCUT2D eigenvalue weighted by Gasteiger charge is -2.31. The zero-order valence-corrected chi connectivity index (χ0v) is 14.9. The monoisotopic (exact) mass is 359 g/mol. The molecule has 1 aliphatic rings. The standard InChI is InChI=1S/C18H21N3O3S/c1-20-10-12-21(13-11-20)25(23,24)17-9-5-6-15(14-17)18(22)19-16-7-3-2-4-8-16/h2-9,14H,10-13H2,1H3,(H,19,22). The fourth-order valence-corrected chi connectivity index (χ4v) is 4.17. The zero-order chi connectivity index (χ0) is 17.9. The molecule has 0 atom stereocenters. The van der Waals surface area contributed by atoms with E-state index in [2.05, 4.69) is 10.2 Å². The molecule has 2 aromatic rings. The average Bonchev–Trinajstić information content (AvgIpc) is 2.63. The molecule has 25 heavy (non-hydrogen) atoms. The number of para-hydroxylation sites is 1. The van der Waals surface area contributed by atoms with E-state index in [0.29, 0.717) is 37.4 Å². The van der Waals surface area contributed by atoms with E-state index in [-0.39, 0.29) is 10.8 Å². The maximum atomic E-state index is 12.8. The molecule has 1 amide bonds. The van der Waals surface area contributed by atoms with Gasteiger partial charge in [0.2, 0.25) is 10.0 Å². The summed E-state index contributed by atoms with van der Waals surface area (Å²) in [5.41, 5.74) is 0.985. The molecule has 0 radical (unpaired) electrons. The third kappa shape index (κ3) is 4.07. The third-order valence-corrected chi connectivity index (χ3v) is 6.12. The van der Waals surface area contributed by atoms with Gasteiger partial charge in [0, 0.05) is 37.4 Å². The summed E-state index contributed by atoms with van der Waals surface area (Å²) < 4.78 is 27.1. The van der Waals surface area contributed by atoms with Gasteiger partial charge in [-0.3, -0.25) is 4.79 Å². The first-order chi connectivity index (χ1) is 12.0. The molecule has 132 valence electrons. The molecule has 0 saturated carbocycles. The molecule has 1 fully saturated rings. The molecule has 3 rings (SSSR count). The second-order valence-electron chi connectivity index (χ2n) is 6.06. The molecule has 2 aromatic carbocycles. The highest BCUT2D eigenvalue weighted by molar-refractivity contribution is 7.89. The molecule has 1 aliphatic heterocycles. The highest BCUT2D eigenvalue weighted by atomic mass is 32.2. The second kappa shape index (κ2) is 7.35. The number of nitrogens with one attached hydrogen (secondary N) is 1. The van der Waals surface area contributed by atoms with Crippen LogP contribution in [-0.4, -0.2) is 56.8 Å². The van der Waals surface area contributed by atoms with Gasteiger partial charge in [0.25, 0.3) is 5.91 Å². The first-order valence-corrected chi connectivity index (χ1v) is 9.56. The minimum absolute atomic E-state index is 0.151. The van der Waals surface area contributed by atoms with Crippen molar-refractivity contribution in [1.29, 1.82) is 0 Å². The lowest BCUT2D eigenvalue weighted by molar-refractivity contribution is 0.102. The van der Waals surface area contributed by atoms with Gasteiger partial charge < -0.3 is 10.2 Å². The molecule has 0 bridgehead atoms. The van der Waals surface area contributed by atoms with Crippen LogP contribution in [0.4, 0.5) is 5.69 Å². The Kier molecular flexibility index (Phi) is 5.17. The number of anilines is 1. The van der Waals surface area contributed by atoms with Crippen LogP contribution in [0.25, 0.3) is 0 Å². The Hall–Kier alpha value is -2.22. The van der Waals surface area contributed by atoms with Crippen LogP contribution >= 0.6 is 0 Å². The van der Waals surface area contributed by atoms with Gasteiger partial charge in [0.1, 0.15) is 0 Å². The first-order valence-electron chi connectivity index (χ1n) is 8.12. The molecule has 0 aliphatic carbocycles. The van der Waals surface area contributed by atoms with Crippen molar-refractivity contribution in [1.82, 2.24) is 9.21 Å². The van der Waals surface area contributed by atoms with Crippen molar-refractivity contribution < 1.29 is 13.2 Å². The lowest BCUT2D eigenvalue weighted by Crippen LogP contribution is -2.47. The number of nitrogens with zero attached hydrogens (tertiary/aromatic N) is 2. The van der Waals surface area contributed by atoms with E-state index in [1.807, 2.05) is 25.2 Å². The second-order valence-corrected chi connectivity index (χ2v) is 7.99. The van der Waals surface area contributed by atoms with Crippen molar-refractivity contribution in [2.24, 2.45) is 0 Å². The Balaban J connectivity index is 1.80. The number of carbonyl (C=O) groups is 1. The summed E-state index contributed by atoms with van der Waals surface area (Å²) in [5, 5.41) is 2.77. The number of piperazine rings is 1. The van der Waals surface area contributed by atoms with Crippen molar-refractivity contribution >= 4 is 21.6 Å². The smallest absolute Gasteiger partial charge is 0.255 e. The number of hydrogen-bond acceptors (Lipinski definition) is 4. The van der Waals surface area contributed by atoms with E-state index in [4.69, 9.17) is 0 Å². The predicted molar refractivity (Wildman–Crippen MR) is 97.1 cm³/mol. The lowest BCUT2D eigenvalue weighted by atomic mass is 10.2. The summed E-state index contributed by atoms with van der Waals surface area (Å²) in [4.78, 5) is 14.6. The third-order valence-electron chi connectivity index (χ3n) is 4.23. The van der Waals surface area contributed by atoms with E-state index >= 15 is 0 Å². The molecule has 0 spiro atoms. The molecule has 7 heteroatoms. The minimum atomic E-state index is -3.59. The Bertz CT molecular complexity index is 845. The largest absolute Gasteiger partial charge is 0.322 e. The molecule has 1 saturated heterocycles. The van der Waals surface area contributed by atoms with Crippen molar-refractivity contribution in [2.45, 2.75) is 4.90 Å². The van der Waals surface area contributed by atoms with Crippen LogP contribution in [0.5, 0.6) is 0 Å². The quantitative estimate of drug-likeness (QED) is 0.905.